The van der Waals surface area contributed by atoms with E-state index < -0.39 is 11.4 Å². The average molecular weight is 210 g/mol. The molecule has 2 rings (SSSR count). The number of carboxylic acids is 1. The lowest BCUT2D eigenvalue weighted by molar-refractivity contribution is -0.148. The SMILES string of the molecule is O=C(O)C1(Cc2ccsc2)CCCC1. The number of hydrogen-bond donors (Lipinski definition) is 1. The number of carbonyl (C=O) groups is 1. The van der Waals surface area contributed by atoms with Gasteiger partial charge >= 0.3 is 5.97 Å². The third-order valence-corrected chi connectivity index (χ3v) is 3.87. The highest BCUT2D eigenvalue weighted by atomic mass is 32.1. The van der Waals surface area contributed by atoms with E-state index in [0.717, 1.165) is 25.7 Å². The molecule has 0 atom stereocenters. The summed E-state index contributed by atoms with van der Waals surface area (Å²) in [7, 11) is 0. The van der Waals surface area contributed by atoms with Crippen molar-refractivity contribution in [3.8, 4) is 0 Å². The van der Waals surface area contributed by atoms with E-state index in [1.54, 1.807) is 11.3 Å². The van der Waals surface area contributed by atoms with Crippen LogP contribution in [0.4, 0.5) is 0 Å². The van der Waals surface area contributed by atoms with Crippen molar-refractivity contribution in [3.05, 3.63) is 22.4 Å². The molecule has 0 bridgehead atoms. The number of thiophene rings is 1. The summed E-state index contributed by atoms with van der Waals surface area (Å²) in [5.41, 5.74) is 0.723. The molecule has 2 nitrogen and oxygen atoms in total. The van der Waals surface area contributed by atoms with Crippen LogP contribution in [0, 0.1) is 5.41 Å². The first kappa shape index (κ1) is 9.71. The van der Waals surface area contributed by atoms with Gasteiger partial charge in [0, 0.05) is 0 Å². The summed E-state index contributed by atoms with van der Waals surface area (Å²) in [4.78, 5) is 11.3. The Labute approximate surface area is 87.6 Å². The Morgan fingerprint density at radius 3 is 2.71 bits per heavy atom. The van der Waals surface area contributed by atoms with Crippen molar-refractivity contribution in [2.45, 2.75) is 32.1 Å². The summed E-state index contributed by atoms with van der Waals surface area (Å²) in [5.74, 6) is -0.610. The van der Waals surface area contributed by atoms with E-state index in [1.807, 2.05) is 11.4 Å². The van der Waals surface area contributed by atoms with Gasteiger partial charge in [0.1, 0.15) is 0 Å². The maximum atomic E-state index is 11.3. The van der Waals surface area contributed by atoms with E-state index in [2.05, 4.69) is 5.38 Å². The standard InChI is InChI=1S/C11H14O2S/c12-10(13)11(4-1-2-5-11)7-9-3-6-14-8-9/h3,6,8H,1-2,4-5,7H2,(H,12,13). The first-order valence-corrected chi connectivity index (χ1v) is 5.92. The summed E-state index contributed by atoms with van der Waals surface area (Å²) in [6.07, 6.45) is 4.54. The lowest BCUT2D eigenvalue weighted by Gasteiger charge is -2.22. The second kappa shape index (κ2) is 3.73. The zero-order valence-electron chi connectivity index (χ0n) is 8.03. The second-order valence-corrected chi connectivity index (χ2v) is 4.88. The Morgan fingerprint density at radius 2 is 2.21 bits per heavy atom. The maximum Gasteiger partial charge on any atom is 0.309 e. The summed E-state index contributed by atoms with van der Waals surface area (Å²) in [5, 5.41) is 13.3. The molecule has 14 heavy (non-hydrogen) atoms. The highest BCUT2D eigenvalue weighted by Gasteiger charge is 2.41. The van der Waals surface area contributed by atoms with E-state index in [4.69, 9.17) is 0 Å². The van der Waals surface area contributed by atoms with Crippen LogP contribution in [-0.4, -0.2) is 11.1 Å². The number of hydrogen-bond acceptors (Lipinski definition) is 2. The van der Waals surface area contributed by atoms with Crippen molar-refractivity contribution in [2.24, 2.45) is 5.41 Å². The first-order valence-electron chi connectivity index (χ1n) is 4.97. The van der Waals surface area contributed by atoms with Gasteiger partial charge in [0.15, 0.2) is 0 Å². The number of aliphatic carboxylic acids is 1. The summed E-state index contributed by atoms with van der Waals surface area (Å²) < 4.78 is 0. The average Bonchev–Trinajstić information content (AvgIpc) is 2.76. The van der Waals surface area contributed by atoms with E-state index >= 15 is 0 Å². The summed E-state index contributed by atoms with van der Waals surface area (Å²) in [6.45, 7) is 0. The predicted octanol–water partition coefficient (Wildman–Crippen LogP) is 2.94. The van der Waals surface area contributed by atoms with Gasteiger partial charge in [-0.2, -0.15) is 11.3 Å². The molecule has 1 aliphatic rings. The van der Waals surface area contributed by atoms with Crippen LogP contribution in [0.1, 0.15) is 31.2 Å². The van der Waals surface area contributed by atoms with Crippen molar-refractivity contribution >= 4 is 17.3 Å². The molecule has 1 N–H and O–H groups in total. The topological polar surface area (TPSA) is 37.3 Å². The minimum absolute atomic E-state index is 0.457. The molecule has 76 valence electrons. The van der Waals surface area contributed by atoms with Gasteiger partial charge in [-0.15, -0.1) is 0 Å². The van der Waals surface area contributed by atoms with E-state index in [1.165, 1.54) is 5.56 Å². The Hall–Kier alpha value is -0.830. The quantitative estimate of drug-likeness (QED) is 0.832. The minimum atomic E-state index is -0.610. The molecule has 1 aromatic heterocycles. The third-order valence-electron chi connectivity index (χ3n) is 3.14. The van der Waals surface area contributed by atoms with E-state index in [9.17, 15) is 9.90 Å². The molecule has 1 fully saturated rings. The Morgan fingerprint density at radius 1 is 1.50 bits per heavy atom. The highest BCUT2D eigenvalue weighted by Crippen LogP contribution is 2.41. The fourth-order valence-electron chi connectivity index (χ4n) is 2.30. The Balaban J connectivity index is 2.16. The number of carboxylic acid groups (broad SMARTS) is 1. The van der Waals surface area contributed by atoms with Crippen molar-refractivity contribution in [1.82, 2.24) is 0 Å². The van der Waals surface area contributed by atoms with Crippen LogP contribution in [0.5, 0.6) is 0 Å². The summed E-state index contributed by atoms with van der Waals surface area (Å²) in [6, 6.07) is 2.04. The van der Waals surface area contributed by atoms with Crippen molar-refractivity contribution < 1.29 is 9.90 Å². The van der Waals surface area contributed by atoms with Gasteiger partial charge in [-0.1, -0.05) is 12.8 Å². The number of rotatable bonds is 3. The Bertz CT molecular complexity index is 310. The predicted molar refractivity (Wildman–Crippen MR) is 56.6 cm³/mol. The molecule has 1 saturated carbocycles. The van der Waals surface area contributed by atoms with Crippen molar-refractivity contribution in [3.63, 3.8) is 0 Å². The van der Waals surface area contributed by atoms with Crippen LogP contribution in [0.3, 0.4) is 0 Å². The lowest BCUT2D eigenvalue weighted by atomic mass is 9.81. The highest BCUT2D eigenvalue weighted by molar-refractivity contribution is 7.07. The van der Waals surface area contributed by atoms with Crippen LogP contribution < -0.4 is 0 Å². The molecule has 1 aliphatic carbocycles. The van der Waals surface area contributed by atoms with Crippen molar-refractivity contribution in [1.29, 1.82) is 0 Å². The molecular weight excluding hydrogens is 196 g/mol. The molecule has 0 spiro atoms. The third kappa shape index (κ3) is 1.69. The molecule has 1 aromatic rings. The fraction of sp³-hybridized carbons (Fsp3) is 0.545. The molecule has 0 radical (unpaired) electrons. The molecule has 0 unspecified atom stereocenters. The van der Waals surface area contributed by atoms with Gasteiger partial charge in [-0.05, 0) is 41.7 Å². The monoisotopic (exact) mass is 210 g/mol. The molecule has 0 aliphatic heterocycles. The smallest absolute Gasteiger partial charge is 0.309 e. The van der Waals surface area contributed by atoms with Crippen molar-refractivity contribution in [2.75, 3.05) is 0 Å². The zero-order valence-corrected chi connectivity index (χ0v) is 8.85. The van der Waals surface area contributed by atoms with Gasteiger partial charge in [0.2, 0.25) is 0 Å². The Kier molecular flexibility index (Phi) is 2.59. The van der Waals surface area contributed by atoms with Gasteiger partial charge in [0.25, 0.3) is 0 Å². The molecule has 3 heteroatoms. The largest absolute Gasteiger partial charge is 0.481 e. The van der Waals surface area contributed by atoms with Gasteiger partial charge in [-0.25, -0.2) is 0 Å². The van der Waals surface area contributed by atoms with Crippen LogP contribution in [0.2, 0.25) is 0 Å². The summed E-state index contributed by atoms with van der Waals surface area (Å²) >= 11 is 1.64. The van der Waals surface area contributed by atoms with E-state index in [-0.39, 0.29) is 0 Å². The van der Waals surface area contributed by atoms with Gasteiger partial charge < -0.3 is 5.11 Å². The molecule has 0 aromatic carbocycles. The van der Waals surface area contributed by atoms with Crippen LogP contribution in [-0.2, 0) is 11.2 Å². The molecule has 0 saturated heterocycles. The lowest BCUT2D eigenvalue weighted by Crippen LogP contribution is -2.29. The van der Waals surface area contributed by atoms with Gasteiger partial charge in [0.05, 0.1) is 5.41 Å². The molecular formula is C11H14O2S. The zero-order chi connectivity index (χ0) is 10.0. The van der Waals surface area contributed by atoms with E-state index in [0.29, 0.717) is 6.42 Å². The maximum absolute atomic E-state index is 11.3. The van der Waals surface area contributed by atoms with Crippen LogP contribution in [0.15, 0.2) is 16.8 Å². The van der Waals surface area contributed by atoms with Crippen LogP contribution in [0.25, 0.3) is 0 Å². The fourth-order valence-corrected chi connectivity index (χ4v) is 2.97. The normalized spacial score (nSPS) is 19.7. The molecule has 0 amide bonds. The van der Waals surface area contributed by atoms with Gasteiger partial charge in [-0.3, -0.25) is 4.79 Å². The second-order valence-electron chi connectivity index (χ2n) is 4.10. The van der Waals surface area contributed by atoms with Crippen LogP contribution >= 0.6 is 11.3 Å². The minimum Gasteiger partial charge on any atom is -0.481 e. The molecule has 1 heterocycles. The first-order chi connectivity index (χ1) is 6.73.